The van der Waals surface area contributed by atoms with Gasteiger partial charge in [-0.05, 0) is 24.3 Å². The Morgan fingerprint density at radius 3 is 2.68 bits per heavy atom. The summed E-state index contributed by atoms with van der Waals surface area (Å²) in [5.41, 5.74) is 0.642. The van der Waals surface area contributed by atoms with Crippen LogP contribution in [0.5, 0.6) is 0 Å². The number of morpholine rings is 1. The monoisotopic (exact) mass is 350 g/mol. The Morgan fingerprint density at radius 1 is 1.24 bits per heavy atom. The Labute approximate surface area is 146 Å². The highest BCUT2D eigenvalue weighted by Gasteiger charge is 2.31. The molecule has 0 spiro atoms. The van der Waals surface area contributed by atoms with Gasteiger partial charge in [0.15, 0.2) is 0 Å². The molecule has 3 rings (SSSR count). The first-order valence-electron chi connectivity index (χ1n) is 8.52. The molecule has 2 saturated heterocycles. The van der Waals surface area contributed by atoms with Gasteiger partial charge in [-0.25, -0.2) is 9.18 Å². The molecule has 3 amide bonds. The van der Waals surface area contributed by atoms with E-state index < -0.39 is 0 Å². The number of ether oxygens (including phenoxy) is 1. The van der Waals surface area contributed by atoms with Crippen LogP contribution in [0, 0.1) is 5.82 Å². The number of nitrogens with zero attached hydrogens (tertiary/aromatic N) is 2. The van der Waals surface area contributed by atoms with E-state index in [1.807, 2.05) is 0 Å². The molecule has 2 fully saturated rings. The van der Waals surface area contributed by atoms with Crippen molar-refractivity contribution in [2.24, 2.45) is 0 Å². The average Bonchev–Trinajstić information content (AvgIpc) is 2.96. The van der Waals surface area contributed by atoms with Crippen LogP contribution < -0.4 is 15.5 Å². The second-order valence-corrected chi connectivity index (χ2v) is 6.24. The maximum absolute atomic E-state index is 13.0. The SMILES string of the molecule is O=C(NCCN1CCOCC1)N[C@@H]1CC(=O)N(c2ccc(F)cc2)C1. The number of anilines is 1. The van der Waals surface area contributed by atoms with Gasteiger partial charge in [-0.15, -0.1) is 0 Å². The quantitative estimate of drug-likeness (QED) is 0.814. The van der Waals surface area contributed by atoms with E-state index >= 15 is 0 Å². The smallest absolute Gasteiger partial charge is 0.315 e. The predicted molar refractivity (Wildman–Crippen MR) is 91.0 cm³/mol. The van der Waals surface area contributed by atoms with Crippen molar-refractivity contribution in [3.63, 3.8) is 0 Å². The molecule has 2 aliphatic rings. The highest BCUT2D eigenvalue weighted by molar-refractivity contribution is 5.96. The van der Waals surface area contributed by atoms with Crippen molar-refractivity contribution in [2.75, 3.05) is 50.8 Å². The van der Waals surface area contributed by atoms with Crippen molar-refractivity contribution in [3.05, 3.63) is 30.1 Å². The molecule has 0 saturated carbocycles. The molecule has 1 atom stereocenters. The number of rotatable bonds is 5. The summed E-state index contributed by atoms with van der Waals surface area (Å²) in [7, 11) is 0. The molecule has 1 aromatic carbocycles. The number of benzene rings is 1. The standard InChI is InChI=1S/C17H23FN4O3/c18-13-1-3-15(4-2-13)22-12-14(11-16(22)23)20-17(24)19-5-6-21-7-9-25-10-8-21/h1-4,14H,5-12H2,(H2,19,20,24)/t14-/m1/s1. The minimum atomic E-state index is -0.343. The first-order valence-corrected chi connectivity index (χ1v) is 8.52. The van der Waals surface area contributed by atoms with Crippen molar-refractivity contribution < 1.29 is 18.7 Å². The fourth-order valence-electron chi connectivity index (χ4n) is 3.06. The summed E-state index contributed by atoms with van der Waals surface area (Å²) in [5.74, 6) is -0.421. The van der Waals surface area contributed by atoms with Crippen LogP contribution in [0.4, 0.5) is 14.9 Å². The molecule has 0 radical (unpaired) electrons. The molecule has 0 unspecified atom stereocenters. The summed E-state index contributed by atoms with van der Waals surface area (Å²) in [5, 5.41) is 5.65. The second-order valence-electron chi connectivity index (χ2n) is 6.24. The molecule has 2 aliphatic heterocycles. The van der Waals surface area contributed by atoms with Gasteiger partial charge in [0, 0.05) is 44.8 Å². The number of halogens is 1. The zero-order valence-corrected chi connectivity index (χ0v) is 14.0. The fraction of sp³-hybridized carbons (Fsp3) is 0.529. The van der Waals surface area contributed by atoms with E-state index in [9.17, 15) is 14.0 Å². The first kappa shape index (κ1) is 17.6. The van der Waals surface area contributed by atoms with E-state index in [2.05, 4.69) is 15.5 Å². The number of nitrogens with one attached hydrogen (secondary N) is 2. The van der Waals surface area contributed by atoms with E-state index in [0.29, 0.717) is 18.8 Å². The summed E-state index contributed by atoms with van der Waals surface area (Å²) >= 11 is 0. The lowest BCUT2D eigenvalue weighted by molar-refractivity contribution is -0.117. The van der Waals surface area contributed by atoms with Gasteiger partial charge in [-0.2, -0.15) is 0 Å². The Balaban J connectivity index is 1.41. The predicted octanol–water partition coefficient (Wildman–Crippen LogP) is 0.562. The summed E-state index contributed by atoms with van der Waals surface area (Å²) in [6.45, 7) is 4.95. The highest BCUT2D eigenvalue weighted by atomic mass is 19.1. The van der Waals surface area contributed by atoms with Crippen LogP contribution in [-0.4, -0.2) is 68.8 Å². The van der Waals surface area contributed by atoms with Crippen molar-refractivity contribution >= 4 is 17.6 Å². The second kappa shape index (κ2) is 8.26. The first-order chi connectivity index (χ1) is 12.1. The third-order valence-electron chi connectivity index (χ3n) is 4.42. The molecular formula is C17H23FN4O3. The van der Waals surface area contributed by atoms with E-state index in [1.54, 1.807) is 17.0 Å². The average molecular weight is 350 g/mol. The molecule has 0 aromatic heterocycles. The minimum absolute atomic E-state index is 0.0785. The van der Waals surface area contributed by atoms with Gasteiger partial charge in [0.1, 0.15) is 5.82 Å². The number of carbonyl (C=O) groups excluding carboxylic acids is 2. The van der Waals surface area contributed by atoms with Crippen LogP contribution >= 0.6 is 0 Å². The van der Waals surface area contributed by atoms with Gasteiger partial charge in [0.05, 0.1) is 19.3 Å². The fourth-order valence-corrected chi connectivity index (χ4v) is 3.06. The number of amides is 3. The van der Waals surface area contributed by atoms with Gasteiger partial charge in [-0.3, -0.25) is 9.69 Å². The van der Waals surface area contributed by atoms with Crippen LogP contribution in [0.3, 0.4) is 0 Å². The molecule has 0 bridgehead atoms. The molecule has 7 nitrogen and oxygen atoms in total. The van der Waals surface area contributed by atoms with E-state index in [4.69, 9.17) is 4.74 Å². The molecular weight excluding hydrogens is 327 g/mol. The number of carbonyl (C=O) groups is 2. The maximum Gasteiger partial charge on any atom is 0.315 e. The van der Waals surface area contributed by atoms with Crippen LogP contribution in [-0.2, 0) is 9.53 Å². The molecule has 25 heavy (non-hydrogen) atoms. The minimum Gasteiger partial charge on any atom is -0.379 e. The summed E-state index contributed by atoms with van der Waals surface area (Å²) in [4.78, 5) is 27.9. The summed E-state index contributed by atoms with van der Waals surface area (Å²) < 4.78 is 18.3. The lowest BCUT2D eigenvalue weighted by Gasteiger charge is -2.26. The molecule has 136 valence electrons. The van der Waals surface area contributed by atoms with E-state index in [0.717, 1.165) is 32.8 Å². The third kappa shape index (κ3) is 4.90. The van der Waals surface area contributed by atoms with Crippen LogP contribution in [0.2, 0.25) is 0 Å². The number of hydrogen-bond acceptors (Lipinski definition) is 4. The Bertz CT molecular complexity index is 604. The van der Waals surface area contributed by atoms with Crippen LogP contribution in [0.1, 0.15) is 6.42 Å². The van der Waals surface area contributed by atoms with Gasteiger partial charge < -0.3 is 20.3 Å². The molecule has 0 aliphatic carbocycles. The van der Waals surface area contributed by atoms with Crippen molar-refractivity contribution in [2.45, 2.75) is 12.5 Å². The Hall–Kier alpha value is -2.19. The maximum atomic E-state index is 13.0. The summed E-state index contributed by atoms with van der Waals surface area (Å²) in [6, 6.07) is 5.26. The third-order valence-corrected chi connectivity index (χ3v) is 4.42. The Kier molecular flexibility index (Phi) is 5.83. The Morgan fingerprint density at radius 2 is 1.96 bits per heavy atom. The van der Waals surface area contributed by atoms with Gasteiger partial charge in [-0.1, -0.05) is 0 Å². The number of urea groups is 1. The zero-order chi connectivity index (χ0) is 17.6. The molecule has 2 heterocycles. The molecule has 8 heteroatoms. The lowest BCUT2D eigenvalue weighted by atomic mass is 10.2. The normalized spacial score (nSPS) is 21.4. The van der Waals surface area contributed by atoms with Gasteiger partial charge >= 0.3 is 6.03 Å². The summed E-state index contributed by atoms with van der Waals surface area (Å²) in [6.07, 6.45) is 0.244. The van der Waals surface area contributed by atoms with E-state index in [-0.39, 0.29) is 30.2 Å². The van der Waals surface area contributed by atoms with Crippen molar-refractivity contribution in [3.8, 4) is 0 Å². The number of hydrogen-bond donors (Lipinski definition) is 2. The van der Waals surface area contributed by atoms with Crippen molar-refractivity contribution in [1.82, 2.24) is 15.5 Å². The highest BCUT2D eigenvalue weighted by Crippen LogP contribution is 2.21. The van der Waals surface area contributed by atoms with Crippen LogP contribution in [0.25, 0.3) is 0 Å². The van der Waals surface area contributed by atoms with Gasteiger partial charge in [0.2, 0.25) is 5.91 Å². The zero-order valence-electron chi connectivity index (χ0n) is 14.0. The molecule has 2 N–H and O–H groups in total. The largest absolute Gasteiger partial charge is 0.379 e. The van der Waals surface area contributed by atoms with E-state index in [1.165, 1.54) is 12.1 Å². The topological polar surface area (TPSA) is 73.9 Å². The lowest BCUT2D eigenvalue weighted by Crippen LogP contribution is -2.46. The van der Waals surface area contributed by atoms with Crippen LogP contribution in [0.15, 0.2) is 24.3 Å². The van der Waals surface area contributed by atoms with Gasteiger partial charge in [0.25, 0.3) is 0 Å². The molecule has 1 aromatic rings. The van der Waals surface area contributed by atoms with Crippen molar-refractivity contribution in [1.29, 1.82) is 0 Å².